The first-order chi connectivity index (χ1) is 41.0. The molecule has 0 aliphatic heterocycles. The average molecular weight is 1170 g/mol. The van der Waals surface area contributed by atoms with Crippen LogP contribution < -0.4 is 0 Å². The Kier molecular flexibility index (Phi) is 71.0. The maximum atomic E-state index is 13.0. The van der Waals surface area contributed by atoms with Crippen molar-refractivity contribution in [3.63, 3.8) is 0 Å². The van der Waals surface area contributed by atoms with Crippen LogP contribution in [0.5, 0.6) is 0 Å². The lowest BCUT2D eigenvalue weighted by Gasteiger charge is -2.18. The molecule has 0 heterocycles. The third-order valence-electron chi connectivity index (χ3n) is 17.8. The Bertz CT molecular complexity index is 1300. The van der Waals surface area contributed by atoms with Crippen LogP contribution in [0.15, 0.2) is 12.2 Å². The van der Waals surface area contributed by atoms with Gasteiger partial charge in [-0.25, -0.2) is 0 Å². The van der Waals surface area contributed by atoms with E-state index in [1.807, 2.05) is 0 Å². The lowest BCUT2D eigenvalue weighted by atomic mass is 10.0. The fourth-order valence-corrected chi connectivity index (χ4v) is 12.0. The second-order valence-electron chi connectivity index (χ2n) is 26.3. The van der Waals surface area contributed by atoms with Crippen LogP contribution >= 0.6 is 0 Å². The van der Waals surface area contributed by atoms with Gasteiger partial charge in [-0.2, -0.15) is 0 Å². The molecular formula is C77H148O6. The zero-order valence-corrected chi connectivity index (χ0v) is 56.8. The van der Waals surface area contributed by atoms with Crippen molar-refractivity contribution in [3.8, 4) is 0 Å². The van der Waals surface area contributed by atoms with Gasteiger partial charge in [0, 0.05) is 19.3 Å². The van der Waals surface area contributed by atoms with Crippen LogP contribution in [0.3, 0.4) is 0 Å². The number of unbranched alkanes of at least 4 members (excludes halogenated alkanes) is 59. The van der Waals surface area contributed by atoms with Crippen molar-refractivity contribution in [1.29, 1.82) is 0 Å². The third kappa shape index (κ3) is 70.8. The molecule has 0 aromatic rings. The molecule has 0 saturated carbocycles. The first-order valence-corrected chi connectivity index (χ1v) is 38.2. The van der Waals surface area contributed by atoms with E-state index in [0.717, 1.165) is 57.8 Å². The van der Waals surface area contributed by atoms with Crippen molar-refractivity contribution in [2.45, 2.75) is 451 Å². The summed E-state index contributed by atoms with van der Waals surface area (Å²) in [5.74, 6) is -0.822. The standard InChI is InChI=1S/C77H148O6/c1-4-7-10-13-16-19-22-25-28-31-33-35-37-38-40-41-43-46-49-52-55-58-61-64-67-70-76(79)82-73-74(72-81-75(78)69-66-63-60-57-54-51-48-45-30-27-24-21-18-15-12-9-6-3)83-77(80)71-68-65-62-59-56-53-50-47-44-42-39-36-34-32-29-26-23-20-17-14-11-8-5-2/h32,34,74H,4-31,33,35-73H2,1-3H3/b34-32-. The normalized spacial score (nSPS) is 12.0. The molecular weight excluding hydrogens is 1020 g/mol. The van der Waals surface area contributed by atoms with Gasteiger partial charge >= 0.3 is 17.9 Å². The predicted octanol–water partition coefficient (Wildman–Crippen LogP) is 26.3. The van der Waals surface area contributed by atoms with Gasteiger partial charge in [-0.15, -0.1) is 0 Å². The van der Waals surface area contributed by atoms with E-state index in [0.29, 0.717) is 19.3 Å². The largest absolute Gasteiger partial charge is 0.462 e. The lowest BCUT2D eigenvalue weighted by Crippen LogP contribution is -2.30. The highest BCUT2D eigenvalue weighted by Crippen LogP contribution is 2.20. The first kappa shape index (κ1) is 81.2. The number of carbonyl (C=O) groups excluding carboxylic acids is 3. The summed E-state index contributed by atoms with van der Waals surface area (Å²) in [6, 6.07) is 0. The minimum atomic E-state index is -0.768. The summed E-state index contributed by atoms with van der Waals surface area (Å²) in [5.41, 5.74) is 0. The molecule has 492 valence electrons. The maximum absolute atomic E-state index is 13.0. The van der Waals surface area contributed by atoms with E-state index in [4.69, 9.17) is 14.2 Å². The molecule has 0 amide bonds. The van der Waals surface area contributed by atoms with Crippen LogP contribution in [0.25, 0.3) is 0 Å². The van der Waals surface area contributed by atoms with Crippen molar-refractivity contribution in [1.82, 2.24) is 0 Å². The Morgan fingerprint density at radius 1 is 0.229 bits per heavy atom. The number of rotatable bonds is 72. The first-order valence-electron chi connectivity index (χ1n) is 38.2. The summed E-state index contributed by atoms with van der Waals surface area (Å²) in [6.45, 7) is 6.75. The van der Waals surface area contributed by atoms with Crippen LogP contribution in [0.1, 0.15) is 445 Å². The quantitative estimate of drug-likeness (QED) is 0.0261. The van der Waals surface area contributed by atoms with Crippen molar-refractivity contribution in [2.24, 2.45) is 0 Å². The van der Waals surface area contributed by atoms with E-state index >= 15 is 0 Å². The molecule has 0 rings (SSSR count). The molecule has 0 aromatic heterocycles. The van der Waals surface area contributed by atoms with E-state index in [9.17, 15) is 14.4 Å². The summed E-state index contributed by atoms with van der Waals surface area (Å²) >= 11 is 0. The van der Waals surface area contributed by atoms with Gasteiger partial charge in [-0.05, 0) is 44.9 Å². The highest BCUT2D eigenvalue weighted by Gasteiger charge is 2.20. The van der Waals surface area contributed by atoms with E-state index < -0.39 is 6.10 Å². The van der Waals surface area contributed by atoms with Crippen LogP contribution in [0.4, 0.5) is 0 Å². The summed E-state index contributed by atoms with van der Waals surface area (Å²) in [7, 11) is 0. The summed E-state index contributed by atoms with van der Waals surface area (Å²) < 4.78 is 17.1. The molecule has 1 unspecified atom stereocenters. The zero-order chi connectivity index (χ0) is 59.9. The maximum Gasteiger partial charge on any atom is 0.306 e. The van der Waals surface area contributed by atoms with Gasteiger partial charge in [-0.1, -0.05) is 392 Å². The molecule has 0 aliphatic carbocycles. The Labute approximate surface area is 520 Å². The van der Waals surface area contributed by atoms with Crippen molar-refractivity contribution in [3.05, 3.63) is 12.2 Å². The highest BCUT2D eigenvalue weighted by molar-refractivity contribution is 5.71. The molecule has 0 N–H and O–H groups in total. The van der Waals surface area contributed by atoms with Crippen molar-refractivity contribution in [2.75, 3.05) is 13.2 Å². The van der Waals surface area contributed by atoms with E-state index in [1.54, 1.807) is 0 Å². The highest BCUT2D eigenvalue weighted by atomic mass is 16.6. The number of hydrogen-bond donors (Lipinski definition) is 0. The fourth-order valence-electron chi connectivity index (χ4n) is 12.0. The fraction of sp³-hybridized carbons (Fsp3) is 0.935. The minimum Gasteiger partial charge on any atom is -0.462 e. The second-order valence-corrected chi connectivity index (χ2v) is 26.3. The monoisotopic (exact) mass is 1170 g/mol. The van der Waals surface area contributed by atoms with Gasteiger partial charge in [0.1, 0.15) is 13.2 Å². The summed E-state index contributed by atoms with van der Waals surface area (Å²) in [6.07, 6.45) is 88.3. The molecule has 0 aromatic carbocycles. The van der Waals surface area contributed by atoms with Crippen LogP contribution in [-0.2, 0) is 28.6 Å². The molecule has 6 nitrogen and oxygen atoms in total. The average Bonchev–Trinajstić information content (AvgIpc) is 3.49. The van der Waals surface area contributed by atoms with Crippen LogP contribution in [0, 0.1) is 0 Å². The molecule has 0 spiro atoms. The number of hydrogen-bond acceptors (Lipinski definition) is 6. The molecule has 1 atom stereocenters. The second kappa shape index (κ2) is 72.6. The van der Waals surface area contributed by atoms with Gasteiger partial charge < -0.3 is 14.2 Å². The summed E-state index contributed by atoms with van der Waals surface area (Å²) in [4.78, 5) is 38.6. The van der Waals surface area contributed by atoms with Gasteiger partial charge in [0.25, 0.3) is 0 Å². The van der Waals surface area contributed by atoms with Gasteiger partial charge in [0.2, 0.25) is 0 Å². The smallest absolute Gasteiger partial charge is 0.306 e. The molecule has 0 fully saturated rings. The van der Waals surface area contributed by atoms with E-state index in [2.05, 4.69) is 32.9 Å². The van der Waals surface area contributed by atoms with Crippen LogP contribution in [-0.4, -0.2) is 37.2 Å². The third-order valence-corrected chi connectivity index (χ3v) is 17.8. The molecule has 0 radical (unpaired) electrons. The molecule has 6 heteroatoms. The van der Waals surface area contributed by atoms with Crippen molar-refractivity contribution < 1.29 is 28.6 Å². The minimum absolute atomic E-state index is 0.0626. The molecule has 0 bridgehead atoms. The number of carbonyl (C=O) groups is 3. The molecule has 0 saturated heterocycles. The van der Waals surface area contributed by atoms with Crippen molar-refractivity contribution >= 4 is 17.9 Å². The van der Waals surface area contributed by atoms with E-state index in [1.165, 1.54) is 347 Å². The Balaban J connectivity index is 4.25. The van der Waals surface area contributed by atoms with E-state index in [-0.39, 0.29) is 31.1 Å². The molecule has 0 aliphatic rings. The molecule has 83 heavy (non-hydrogen) atoms. The zero-order valence-electron chi connectivity index (χ0n) is 56.8. The van der Waals surface area contributed by atoms with Gasteiger partial charge in [-0.3, -0.25) is 14.4 Å². The number of allylic oxidation sites excluding steroid dienone is 2. The lowest BCUT2D eigenvalue weighted by molar-refractivity contribution is -0.167. The Morgan fingerprint density at radius 3 is 0.602 bits per heavy atom. The summed E-state index contributed by atoms with van der Waals surface area (Å²) in [5, 5.41) is 0. The van der Waals surface area contributed by atoms with Crippen LogP contribution in [0.2, 0.25) is 0 Å². The Morgan fingerprint density at radius 2 is 0.398 bits per heavy atom. The number of ether oxygens (including phenoxy) is 3. The SMILES string of the molecule is CCCCCCCCCC/C=C\CCCCCCCCCCCCCC(=O)OC(COC(=O)CCCCCCCCCCCCCCCCCCC)COC(=O)CCCCCCCCCCCCCCCCCCCCCCCCCCC. The van der Waals surface area contributed by atoms with Gasteiger partial charge in [0.15, 0.2) is 6.10 Å². The topological polar surface area (TPSA) is 78.9 Å². The number of esters is 3. The van der Waals surface area contributed by atoms with Gasteiger partial charge in [0.05, 0.1) is 0 Å². The Hall–Kier alpha value is -1.85. The predicted molar refractivity (Wildman–Crippen MR) is 363 cm³/mol.